The van der Waals surface area contributed by atoms with Crippen LogP contribution in [0.2, 0.25) is 0 Å². The molecule has 3 aromatic rings. The average molecular weight is 410 g/mol. The molecule has 7 nitrogen and oxygen atoms in total. The third kappa shape index (κ3) is 4.83. The number of imide groups is 1. The van der Waals surface area contributed by atoms with Gasteiger partial charge in [-0.25, -0.2) is 4.79 Å². The highest BCUT2D eigenvalue weighted by Gasteiger charge is 2.22. The van der Waals surface area contributed by atoms with E-state index in [1.54, 1.807) is 6.92 Å². The average Bonchev–Trinajstić information content (AvgIpc) is 3.11. The van der Waals surface area contributed by atoms with Gasteiger partial charge in [0.1, 0.15) is 0 Å². The quantitative estimate of drug-likeness (QED) is 0.630. The molecule has 8 heteroatoms. The van der Waals surface area contributed by atoms with E-state index in [0.29, 0.717) is 11.0 Å². The molecule has 0 saturated heterocycles. The molecular formula is C21H23N5O2S. The largest absolute Gasteiger partial charge is 0.341 e. The fourth-order valence-electron chi connectivity index (χ4n) is 2.73. The zero-order valence-corrected chi connectivity index (χ0v) is 17.6. The second-order valence-electron chi connectivity index (χ2n) is 6.68. The Labute approximate surface area is 173 Å². The van der Waals surface area contributed by atoms with Crippen molar-refractivity contribution in [1.82, 2.24) is 25.4 Å². The molecule has 0 radical (unpaired) electrons. The molecule has 0 aliphatic rings. The van der Waals surface area contributed by atoms with Crippen molar-refractivity contribution < 1.29 is 9.59 Å². The first-order chi connectivity index (χ1) is 13.9. The molecule has 0 spiro atoms. The Kier molecular flexibility index (Phi) is 6.33. The molecule has 1 heterocycles. The lowest BCUT2D eigenvalue weighted by atomic mass is 10.1. The molecule has 1 atom stereocenters. The van der Waals surface area contributed by atoms with Crippen LogP contribution in [0.4, 0.5) is 4.79 Å². The Morgan fingerprint density at radius 2 is 1.76 bits per heavy atom. The van der Waals surface area contributed by atoms with Crippen molar-refractivity contribution in [2.45, 2.75) is 31.2 Å². The first-order valence-corrected chi connectivity index (χ1v) is 10.1. The van der Waals surface area contributed by atoms with Gasteiger partial charge in [0.15, 0.2) is 11.0 Å². The highest BCUT2D eigenvalue weighted by Crippen LogP contribution is 2.30. The lowest BCUT2D eigenvalue weighted by molar-refractivity contribution is -0.119. The summed E-state index contributed by atoms with van der Waals surface area (Å²) in [4.78, 5) is 23.7. The summed E-state index contributed by atoms with van der Waals surface area (Å²) in [5.41, 5.74) is 4.10. The van der Waals surface area contributed by atoms with Crippen molar-refractivity contribution in [3.8, 4) is 17.1 Å². The highest BCUT2D eigenvalue weighted by molar-refractivity contribution is 8.00. The molecule has 2 N–H and O–H groups in total. The smallest absolute Gasteiger partial charge is 0.321 e. The van der Waals surface area contributed by atoms with E-state index in [0.717, 1.165) is 22.4 Å². The van der Waals surface area contributed by atoms with Crippen molar-refractivity contribution in [1.29, 1.82) is 0 Å². The third-order valence-electron chi connectivity index (χ3n) is 4.32. The Hall–Kier alpha value is -3.13. The number of hydrogen-bond donors (Lipinski definition) is 2. The van der Waals surface area contributed by atoms with E-state index in [4.69, 9.17) is 0 Å². The molecule has 0 aliphatic carbocycles. The van der Waals surface area contributed by atoms with Crippen LogP contribution < -0.4 is 10.6 Å². The molecule has 0 aliphatic heterocycles. The van der Waals surface area contributed by atoms with Gasteiger partial charge in [0, 0.05) is 18.3 Å². The fraction of sp³-hybridized carbons (Fsp3) is 0.238. The van der Waals surface area contributed by atoms with Crippen LogP contribution in [0.1, 0.15) is 18.1 Å². The lowest BCUT2D eigenvalue weighted by Crippen LogP contribution is -2.41. The van der Waals surface area contributed by atoms with E-state index in [2.05, 4.69) is 20.8 Å². The van der Waals surface area contributed by atoms with Crippen LogP contribution in [0, 0.1) is 13.8 Å². The van der Waals surface area contributed by atoms with Crippen molar-refractivity contribution >= 4 is 23.7 Å². The van der Waals surface area contributed by atoms with Gasteiger partial charge < -0.3 is 5.32 Å². The molecule has 29 heavy (non-hydrogen) atoms. The molecule has 1 unspecified atom stereocenters. The second kappa shape index (κ2) is 8.91. The van der Waals surface area contributed by atoms with E-state index in [-0.39, 0.29) is 0 Å². The first kappa shape index (κ1) is 20.6. The van der Waals surface area contributed by atoms with Crippen LogP contribution in [0.3, 0.4) is 0 Å². The minimum atomic E-state index is -0.539. The molecule has 3 rings (SSSR count). The van der Waals surface area contributed by atoms with E-state index in [1.807, 2.05) is 66.9 Å². The fourth-order valence-corrected chi connectivity index (χ4v) is 3.60. The van der Waals surface area contributed by atoms with Gasteiger partial charge in [0.05, 0.1) is 5.25 Å². The Morgan fingerprint density at radius 1 is 1.03 bits per heavy atom. The number of carbonyl (C=O) groups excluding carboxylic acids is 2. The summed E-state index contributed by atoms with van der Waals surface area (Å²) in [5.74, 6) is 0.295. The molecule has 150 valence electrons. The summed E-state index contributed by atoms with van der Waals surface area (Å²) in [7, 11) is 1.46. The Bertz CT molecular complexity index is 1030. The van der Waals surface area contributed by atoms with Gasteiger partial charge in [-0.05, 0) is 39.0 Å². The van der Waals surface area contributed by atoms with Crippen LogP contribution in [-0.2, 0) is 4.79 Å². The van der Waals surface area contributed by atoms with Gasteiger partial charge in [-0.1, -0.05) is 53.2 Å². The zero-order valence-electron chi connectivity index (χ0n) is 16.8. The third-order valence-corrected chi connectivity index (χ3v) is 5.36. The van der Waals surface area contributed by atoms with E-state index < -0.39 is 17.2 Å². The SMILES string of the molecule is CNC(=O)NC(=O)C(C)Sc1nnc(-c2cccc(C)c2)n1-c1ccc(C)cc1. The van der Waals surface area contributed by atoms with Gasteiger partial charge in [-0.2, -0.15) is 0 Å². The first-order valence-electron chi connectivity index (χ1n) is 9.17. The molecule has 1 aromatic heterocycles. The number of urea groups is 1. The van der Waals surface area contributed by atoms with Crippen LogP contribution in [0.5, 0.6) is 0 Å². The van der Waals surface area contributed by atoms with Gasteiger partial charge in [0.2, 0.25) is 5.91 Å². The predicted octanol–water partition coefficient (Wildman–Crippen LogP) is 3.49. The summed E-state index contributed by atoms with van der Waals surface area (Å²) in [6, 6.07) is 15.5. The number of amides is 3. The number of hydrogen-bond acceptors (Lipinski definition) is 5. The van der Waals surface area contributed by atoms with Crippen molar-refractivity contribution in [2.75, 3.05) is 7.05 Å². The minimum Gasteiger partial charge on any atom is -0.341 e. The van der Waals surface area contributed by atoms with Crippen LogP contribution in [0.25, 0.3) is 17.1 Å². The maximum Gasteiger partial charge on any atom is 0.321 e. The Morgan fingerprint density at radius 3 is 2.41 bits per heavy atom. The van der Waals surface area contributed by atoms with Gasteiger partial charge in [-0.3, -0.25) is 14.7 Å². The number of aryl methyl sites for hydroxylation is 2. The number of nitrogens with one attached hydrogen (secondary N) is 2. The topological polar surface area (TPSA) is 88.9 Å². The number of thioether (sulfide) groups is 1. The highest BCUT2D eigenvalue weighted by atomic mass is 32.2. The summed E-state index contributed by atoms with van der Waals surface area (Å²) in [5, 5.41) is 13.4. The normalized spacial score (nSPS) is 11.7. The van der Waals surface area contributed by atoms with Gasteiger partial charge >= 0.3 is 6.03 Å². The molecule has 0 fully saturated rings. The Balaban J connectivity index is 2.00. The van der Waals surface area contributed by atoms with Crippen molar-refractivity contribution in [2.24, 2.45) is 0 Å². The van der Waals surface area contributed by atoms with Gasteiger partial charge in [0.25, 0.3) is 0 Å². The molecular weight excluding hydrogens is 386 g/mol. The molecule has 2 aromatic carbocycles. The minimum absolute atomic E-state index is 0.398. The van der Waals surface area contributed by atoms with E-state index in [9.17, 15) is 9.59 Å². The molecule has 0 bridgehead atoms. The summed E-state index contributed by atoms with van der Waals surface area (Å²) in [6.45, 7) is 5.78. The molecule has 3 amide bonds. The lowest BCUT2D eigenvalue weighted by Gasteiger charge is -2.14. The van der Waals surface area contributed by atoms with Crippen molar-refractivity contribution in [3.05, 3.63) is 59.7 Å². The predicted molar refractivity (Wildman–Crippen MR) is 114 cm³/mol. The maximum atomic E-state index is 12.3. The maximum absolute atomic E-state index is 12.3. The number of aromatic nitrogens is 3. The van der Waals surface area contributed by atoms with Crippen LogP contribution >= 0.6 is 11.8 Å². The number of rotatable bonds is 5. The second-order valence-corrected chi connectivity index (χ2v) is 7.98. The van der Waals surface area contributed by atoms with Crippen molar-refractivity contribution in [3.63, 3.8) is 0 Å². The monoisotopic (exact) mass is 409 g/mol. The van der Waals surface area contributed by atoms with Crippen LogP contribution in [0.15, 0.2) is 53.7 Å². The number of nitrogens with zero attached hydrogens (tertiary/aromatic N) is 3. The number of carbonyl (C=O) groups is 2. The summed E-state index contributed by atoms with van der Waals surface area (Å²) < 4.78 is 1.93. The van der Waals surface area contributed by atoms with E-state index in [1.165, 1.54) is 18.8 Å². The zero-order chi connectivity index (χ0) is 21.0. The summed E-state index contributed by atoms with van der Waals surface area (Å²) in [6.07, 6.45) is 0. The van der Waals surface area contributed by atoms with E-state index >= 15 is 0 Å². The molecule has 0 saturated carbocycles. The van der Waals surface area contributed by atoms with Crippen LogP contribution in [-0.4, -0.2) is 39.0 Å². The summed E-state index contributed by atoms with van der Waals surface area (Å²) >= 11 is 1.25. The standard InChI is InChI=1S/C21H23N5O2S/c1-13-8-10-17(11-9-13)26-18(16-7-5-6-14(2)12-16)24-25-21(26)29-15(3)19(27)23-20(28)22-4/h5-12,15H,1-4H3,(H2,22,23,27,28). The van der Waals surface area contributed by atoms with Gasteiger partial charge in [-0.15, -0.1) is 10.2 Å². The number of benzene rings is 2.